The van der Waals surface area contributed by atoms with E-state index in [1.807, 2.05) is 0 Å². The molecule has 1 aliphatic carbocycles. The molecule has 11 heavy (non-hydrogen) atoms. The van der Waals surface area contributed by atoms with Gasteiger partial charge in [-0.25, -0.2) is 8.42 Å². The lowest BCUT2D eigenvalue weighted by molar-refractivity contribution is 0.486. The van der Waals surface area contributed by atoms with Crippen LogP contribution >= 0.6 is 15.9 Å². The van der Waals surface area contributed by atoms with Crippen LogP contribution in [0.1, 0.15) is 32.1 Å². The Morgan fingerprint density at radius 3 is 2.18 bits per heavy atom. The molecule has 4 heteroatoms. The summed E-state index contributed by atoms with van der Waals surface area (Å²) in [4.78, 5) is 0. The Kier molecular flexibility index (Phi) is 3.37. The first-order chi connectivity index (χ1) is 5.17. The summed E-state index contributed by atoms with van der Waals surface area (Å²) in [5, 5.41) is -0.0596. The lowest BCUT2D eigenvalue weighted by Crippen LogP contribution is -2.24. The molecular formula is C7H13BrO2S. The van der Waals surface area contributed by atoms with Crippen LogP contribution in [-0.4, -0.2) is 18.3 Å². The van der Waals surface area contributed by atoms with E-state index in [4.69, 9.17) is 0 Å². The van der Waals surface area contributed by atoms with Crippen molar-refractivity contribution in [2.24, 2.45) is 0 Å². The highest BCUT2D eigenvalue weighted by Crippen LogP contribution is 2.24. The van der Waals surface area contributed by atoms with Gasteiger partial charge in [0.1, 0.15) is 4.66 Å². The van der Waals surface area contributed by atoms with Crippen molar-refractivity contribution in [1.29, 1.82) is 0 Å². The summed E-state index contributed by atoms with van der Waals surface area (Å²) >= 11 is 3.02. The van der Waals surface area contributed by atoms with Crippen LogP contribution in [0.4, 0.5) is 0 Å². The average Bonchev–Trinajstić information content (AvgIpc) is 2.06. The van der Waals surface area contributed by atoms with Gasteiger partial charge >= 0.3 is 0 Å². The van der Waals surface area contributed by atoms with Gasteiger partial charge in [-0.1, -0.05) is 35.2 Å². The van der Waals surface area contributed by atoms with E-state index < -0.39 is 9.84 Å². The smallest absolute Gasteiger partial charge is 0.163 e. The molecule has 66 valence electrons. The van der Waals surface area contributed by atoms with Crippen molar-refractivity contribution in [3.63, 3.8) is 0 Å². The average molecular weight is 241 g/mol. The van der Waals surface area contributed by atoms with Crippen LogP contribution in [0.5, 0.6) is 0 Å². The second kappa shape index (κ2) is 3.90. The van der Waals surface area contributed by atoms with Gasteiger partial charge in [0.25, 0.3) is 0 Å². The van der Waals surface area contributed by atoms with Crippen molar-refractivity contribution in [1.82, 2.24) is 0 Å². The molecule has 0 bridgehead atoms. The third-order valence-electron chi connectivity index (χ3n) is 2.21. The summed E-state index contributed by atoms with van der Waals surface area (Å²) in [5.74, 6) is 0. The molecule has 0 atom stereocenters. The maximum absolute atomic E-state index is 11.3. The summed E-state index contributed by atoms with van der Waals surface area (Å²) in [5.41, 5.74) is 0. The van der Waals surface area contributed by atoms with Crippen molar-refractivity contribution in [3.8, 4) is 0 Å². The highest BCUT2D eigenvalue weighted by molar-refractivity contribution is 9.10. The Bertz CT molecular complexity index is 204. The van der Waals surface area contributed by atoms with Crippen molar-refractivity contribution in [2.45, 2.75) is 37.4 Å². The Morgan fingerprint density at radius 2 is 1.73 bits per heavy atom. The lowest BCUT2D eigenvalue weighted by Gasteiger charge is -2.20. The van der Waals surface area contributed by atoms with Crippen LogP contribution in [0.3, 0.4) is 0 Å². The Hall–Kier alpha value is 0.430. The molecule has 0 unspecified atom stereocenters. The zero-order chi connectivity index (χ0) is 8.32. The third kappa shape index (κ3) is 2.44. The summed E-state index contributed by atoms with van der Waals surface area (Å²) in [7, 11) is -2.80. The van der Waals surface area contributed by atoms with Gasteiger partial charge in [0.2, 0.25) is 0 Å². The van der Waals surface area contributed by atoms with Gasteiger partial charge in [0.05, 0.1) is 5.25 Å². The second-order valence-electron chi connectivity index (χ2n) is 3.03. The molecule has 1 aliphatic rings. The lowest BCUT2D eigenvalue weighted by atomic mass is 10.0. The molecule has 0 aliphatic heterocycles. The molecule has 0 heterocycles. The standard InChI is InChI=1S/C7H13BrO2S/c8-6-11(9,10)7-4-2-1-3-5-7/h7H,1-6H2. The van der Waals surface area contributed by atoms with Crippen molar-refractivity contribution < 1.29 is 8.42 Å². The van der Waals surface area contributed by atoms with E-state index in [-0.39, 0.29) is 9.91 Å². The summed E-state index contributed by atoms with van der Waals surface area (Å²) < 4.78 is 22.7. The molecule has 0 radical (unpaired) electrons. The minimum absolute atomic E-state index is 0.0596. The largest absolute Gasteiger partial charge is 0.228 e. The predicted molar refractivity (Wildman–Crippen MR) is 49.6 cm³/mol. The normalized spacial score (nSPS) is 21.9. The number of hydrogen-bond acceptors (Lipinski definition) is 2. The van der Waals surface area contributed by atoms with Crippen molar-refractivity contribution in [2.75, 3.05) is 4.66 Å². The molecule has 0 aromatic heterocycles. The molecule has 1 rings (SSSR count). The van der Waals surface area contributed by atoms with Crippen LogP contribution < -0.4 is 0 Å². The number of hydrogen-bond donors (Lipinski definition) is 0. The van der Waals surface area contributed by atoms with Gasteiger partial charge in [0.15, 0.2) is 9.84 Å². The maximum Gasteiger partial charge on any atom is 0.163 e. The number of sulfone groups is 1. The number of alkyl halides is 1. The zero-order valence-electron chi connectivity index (χ0n) is 6.42. The topological polar surface area (TPSA) is 34.1 Å². The van der Waals surface area contributed by atoms with Crippen LogP contribution in [0.25, 0.3) is 0 Å². The molecule has 0 N–H and O–H groups in total. The van der Waals surface area contributed by atoms with E-state index in [0.29, 0.717) is 0 Å². The van der Waals surface area contributed by atoms with Crippen LogP contribution in [0, 0.1) is 0 Å². The quantitative estimate of drug-likeness (QED) is 0.693. The fourth-order valence-electron chi connectivity index (χ4n) is 1.51. The van der Waals surface area contributed by atoms with Gasteiger partial charge in [0, 0.05) is 0 Å². The highest BCUT2D eigenvalue weighted by atomic mass is 79.9. The van der Waals surface area contributed by atoms with Gasteiger partial charge in [-0.05, 0) is 12.8 Å². The molecule has 0 amide bonds. The van der Waals surface area contributed by atoms with Crippen LogP contribution in [0.15, 0.2) is 0 Å². The maximum atomic E-state index is 11.3. The van der Waals surface area contributed by atoms with E-state index in [1.165, 1.54) is 6.42 Å². The minimum atomic E-state index is -2.80. The molecule has 2 nitrogen and oxygen atoms in total. The van der Waals surface area contributed by atoms with Crippen LogP contribution in [0.2, 0.25) is 0 Å². The first-order valence-corrected chi connectivity index (χ1v) is 6.78. The Balaban J connectivity index is 2.58. The van der Waals surface area contributed by atoms with Gasteiger partial charge in [-0.2, -0.15) is 0 Å². The number of rotatable bonds is 2. The second-order valence-corrected chi connectivity index (χ2v) is 6.62. The van der Waals surface area contributed by atoms with Gasteiger partial charge in [-0.3, -0.25) is 0 Å². The molecule has 1 fully saturated rings. The summed E-state index contributed by atoms with van der Waals surface area (Å²) in [6.45, 7) is 0. The molecule has 0 saturated heterocycles. The first kappa shape index (κ1) is 9.52. The SMILES string of the molecule is O=S(=O)(CBr)C1CCCCC1. The Labute approximate surface area is 76.4 Å². The Morgan fingerprint density at radius 1 is 1.18 bits per heavy atom. The van der Waals surface area contributed by atoms with Crippen LogP contribution in [-0.2, 0) is 9.84 Å². The van der Waals surface area contributed by atoms with Crippen molar-refractivity contribution in [3.05, 3.63) is 0 Å². The van der Waals surface area contributed by atoms with Gasteiger partial charge in [-0.15, -0.1) is 0 Å². The summed E-state index contributed by atoms with van der Waals surface area (Å²) in [6, 6.07) is 0. The molecular weight excluding hydrogens is 228 g/mol. The number of halogens is 1. The van der Waals surface area contributed by atoms with E-state index in [2.05, 4.69) is 15.9 Å². The molecule has 0 aromatic carbocycles. The van der Waals surface area contributed by atoms with E-state index in [9.17, 15) is 8.42 Å². The van der Waals surface area contributed by atoms with Crippen molar-refractivity contribution >= 4 is 25.8 Å². The third-order valence-corrected chi connectivity index (χ3v) is 5.92. The fourth-order valence-corrected chi connectivity index (χ4v) is 3.86. The fraction of sp³-hybridized carbons (Fsp3) is 1.00. The van der Waals surface area contributed by atoms with Gasteiger partial charge < -0.3 is 0 Å². The molecule has 1 saturated carbocycles. The predicted octanol–water partition coefficient (Wildman–Crippen LogP) is 2.09. The summed E-state index contributed by atoms with van der Waals surface area (Å²) in [6.07, 6.45) is 5.10. The highest BCUT2D eigenvalue weighted by Gasteiger charge is 2.25. The monoisotopic (exact) mass is 240 g/mol. The zero-order valence-corrected chi connectivity index (χ0v) is 8.83. The molecule has 0 spiro atoms. The van der Waals surface area contributed by atoms with E-state index in [0.717, 1.165) is 25.7 Å². The first-order valence-electron chi connectivity index (χ1n) is 3.94. The minimum Gasteiger partial charge on any atom is -0.228 e. The van der Waals surface area contributed by atoms with E-state index in [1.54, 1.807) is 0 Å². The van der Waals surface area contributed by atoms with E-state index >= 15 is 0 Å². The molecule has 0 aromatic rings.